The van der Waals surface area contributed by atoms with E-state index in [1.54, 1.807) is 10.6 Å². The van der Waals surface area contributed by atoms with Crippen LogP contribution in [0.5, 0.6) is 5.75 Å². The number of carboxylic acid groups (broad SMARTS) is 1. The van der Waals surface area contributed by atoms with Gasteiger partial charge < -0.3 is 19.5 Å². The van der Waals surface area contributed by atoms with E-state index < -0.39 is 11.8 Å². The third-order valence-electron chi connectivity index (χ3n) is 8.29. The lowest BCUT2D eigenvalue weighted by Gasteiger charge is -2.41. The number of ether oxygens (including phenoxy) is 2. The lowest BCUT2D eigenvalue weighted by molar-refractivity contribution is -0.136. The van der Waals surface area contributed by atoms with E-state index in [4.69, 9.17) is 19.6 Å². The first-order chi connectivity index (χ1) is 19.7. The standard InChI is InChI=1S/C32H35FN4O4/c1-20-7-6-16-40-32(3)12-14-36(15-13-32)31-25(18-29(38)39)21(2)34-28-19-27(35-37(28)31)23-9-4-8-22(17-23)24-10-5-11-26(33)30(24)41-20/h4-5,8-11,17,19-20H,6-7,12-16,18H2,1-3H3,(H,38,39). The summed E-state index contributed by atoms with van der Waals surface area (Å²) in [5.41, 5.74) is 4.73. The first-order valence-electron chi connectivity index (χ1n) is 14.3. The van der Waals surface area contributed by atoms with Gasteiger partial charge in [-0.15, -0.1) is 0 Å². The maximum Gasteiger partial charge on any atom is 0.308 e. The quantitative estimate of drug-likeness (QED) is 0.319. The molecule has 0 radical (unpaired) electrons. The molecule has 7 rings (SSSR count). The number of aryl methyl sites for hydroxylation is 1. The lowest BCUT2D eigenvalue weighted by atomic mass is 9.92. The van der Waals surface area contributed by atoms with Crippen molar-refractivity contribution in [1.29, 1.82) is 0 Å². The van der Waals surface area contributed by atoms with Gasteiger partial charge in [0.15, 0.2) is 17.2 Å². The van der Waals surface area contributed by atoms with E-state index in [1.165, 1.54) is 6.07 Å². The molecule has 1 saturated heterocycles. The van der Waals surface area contributed by atoms with Gasteiger partial charge in [0.25, 0.3) is 0 Å². The van der Waals surface area contributed by atoms with E-state index in [9.17, 15) is 9.90 Å². The van der Waals surface area contributed by atoms with Crippen LogP contribution in [-0.2, 0) is 16.0 Å². The molecule has 0 aliphatic carbocycles. The molecule has 0 amide bonds. The Hall–Kier alpha value is -3.98. The minimum absolute atomic E-state index is 0.139. The SMILES string of the molecule is Cc1nc2cc3nn2c(c1CC(=O)O)N1CCC(C)(CC1)OCCCC(C)Oc1c(F)cccc1-c1cccc-3c1. The zero-order valence-corrected chi connectivity index (χ0v) is 23.7. The van der Waals surface area contributed by atoms with E-state index in [0.717, 1.165) is 42.6 Å². The highest BCUT2D eigenvalue weighted by Gasteiger charge is 2.33. The largest absolute Gasteiger partial charge is 0.487 e. The Morgan fingerprint density at radius 2 is 1.90 bits per heavy atom. The Labute approximate surface area is 238 Å². The number of carbonyl (C=O) groups is 1. The molecule has 6 bridgehead atoms. The van der Waals surface area contributed by atoms with Crippen molar-refractivity contribution in [3.05, 3.63) is 65.6 Å². The first kappa shape index (κ1) is 27.2. The van der Waals surface area contributed by atoms with Crippen molar-refractivity contribution in [3.8, 4) is 28.1 Å². The van der Waals surface area contributed by atoms with E-state index in [-0.39, 0.29) is 23.9 Å². The van der Waals surface area contributed by atoms with Gasteiger partial charge >= 0.3 is 5.97 Å². The number of halogens is 1. The van der Waals surface area contributed by atoms with Gasteiger partial charge in [-0.1, -0.05) is 30.3 Å². The van der Waals surface area contributed by atoms with Crippen LogP contribution >= 0.6 is 0 Å². The maximum atomic E-state index is 15.1. The van der Waals surface area contributed by atoms with Gasteiger partial charge in [-0.3, -0.25) is 4.79 Å². The summed E-state index contributed by atoms with van der Waals surface area (Å²) < 4.78 is 29.5. The second-order valence-corrected chi connectivity index (χ2v) is 11.4. The van der Waals surface area contributed by atoms with Crippen molar-refractivity contribution >= 4 is 17.4 Å². The average Bonchev–Trinajstić information content (AvgIpc) is 3.36. The van der Waals surface area contributed by atoms with Crippen LogP contribution in [0.3, 0.4) is 0 Å². The monoisotopic (exact) mass is 558 g/mol. The molecule has 1 unspecified atom stereocenters. The number of anilines is 1. The normalized spacial score (nSPS) is 21.2. The summed E-state index contributed by atoms with van der Waals surface area (Å²) in [5, 5.41) is 14.7. The van der Waals surface area contributed by atoms with E-state index in [0.29, 0.717) is 47.9 Å². The molecule has 214 valence electrons. The highest BCUT2D eigenvalue weighted by atomic mass is 19.1. The van der Waals surface area contributed by atoms with Gasteiger partial charge in [-0.2, -0.15) is 9.61 Å². The van der Waals surface area contributed by atoms with Crippen molar-refractivity contribution < 1.29 is 23.8 Å². The van der Waals surface area contributed by atoms with E-state index in [1.807, 2.05) is 50.2 Å². The summed E-state index contributed by atoms with van der Waals surface area (Å²) in [5.74, 6) is -0.300. The molecule has 3 aliphatic heterocycles. The van der Waals surface area contributed by atoms with Gasteiger partial charge in [0.2, 0.25) is 0 Å². The van der Waals surface area contributed by atoms with Gasteiger partial charge in [0.05, 0.1) is 23.8 Å². The molecular formula is C32H35FN4O4. The summed E-state index contributed by atoms with van der Waals surface area (Å²) in [6, 6.07) is 14.7. The molecule has 4 aromatic rings. The van der Waals surface area contributed by atoms with Crippen molar-refractivity contribution in [3.63, 3.8) is 0 Å². The molecule has 8 nitrogen and oxygen atoms in total. The summed E-state index contributed by atoms with van der Waals surface area (Å²) in [6.45, 7) is 7.97. The number of hydrogen-bond acceptors (Lipinski definition) is 6. The maximum absolute atomic E-state index is 15.1. The Bertz CT molecular complexity index is 1610. The number of fused-ring (bicyclic) bond motifs is 7. The van der Waals surface area contributed by atoms with Crippen molar-refractivity contribution in [2.75, 3.05) is 24.6 Å². The van der Waals surface area contributed by atoms with Crippen LogP contribution in [0.2, 0.25) is 0 Å². The fraction of sp³-hybridized carbons (Fsp3) is 0.406. The Morgan fingerprint density at radius 1 is 1.15 bits per heavy atom. The number of aliphatic carboxylic acids is 1. The fourth-order valence-corrected chi connectivity index (χ4v) is 5.95. The number of rotatable bonds is 2. The predicted octanol–water partition coefficient (Wildman–Crippen LogP) is 6.07. The van der Waals surface area contributed by atoms with E-state index in [2.05, 4.69) is 11.8 Å². The molecule has 1 N–H and O–H groups in total. The van der Waals surface area contributed by atoms with Crippen molar-refractivity contribution in [1.82, 2.24) is 14.6 Å². The zero-order valence-electron chi connectivity index (χ0n) is 23.7. The second kappa shape index (κ2) is 10.8. The number of aromatic nitrogens is 3. The van der Waals surface area contributed by atoms with Crippen LogP contribution in [-0.4, -0.2) is 57.1 Å². The van der Waals surface area contributed by atoms with Crippen LogP contribution in [0.25, 0.3) is 28.0 Å². The van der Waals surface area contributed by atoms with Crippen LogP contribution in [0.15, 0.2) is 48.5 Å². The number of carboxylic acids is 1. The molecule has 9 heteroatoms. The Kier molecular flexibility index (Phi) is 7.15. The topological polar surface area (TPSA) is 89.2 Å². The Balaban J connectivity index is 1.52. The number of benzene rings is 2. The first-order valence-corrected chi connectivity index (χ1v) is 14.3. The molecule has 1 atom stereocenters. The number of para-hydroxylation sites is 1. The molecule has 0 spiro atoms. The summed E-state index contributed by atoms with van der Waals surface area (Å²) in [7, 11) is 0. The van der Waals surface area contributed by atoms with Gasteiger partial charge in [0, 0.05) is 48.1 Å². The Morgan fingerprint density at radius 3 is 2.68 bits per heavy atom. The molecular weight excluding hydrogens is 523 g/mol. The average molecular weight is 559 g/mol. The smallest absolute Gasteiger partial charge is 0.308 e. The summed E-state index contributed by atoms with van der Waals surface area (Å²) in [4.78, 5) is 18.9. The predicted molar refractivity (Wildman–Crippen MR) is 155 cm³/mol. The third kappa shape index (κ3) is 5.38. The van der Waals surface area contributed by atoms with Crippen molar-refractivity contribution in [2.45, 2.75) is 64.6 Å². The van der Waals surface area contributed by atoms with Crippen LogP contribution in [0.1, 0.15) is 50.8 Å². The van der Waals surface area contributed by atoms with Crippen LogP contribution in [0.4, 0.5) is 10.2 Å². The summed E-state index contributed by atoms with van der Waals surface area (Å²) in [6.07, 6.45) is 2.79. The molecule has 5 heterocycles. The minimum Gasteiger partial charge on any atom is -0.487 e. The lowest BCUT2D eigenvalue weighted by Crippen LogP contribution is -2.45. The molecule has 2 aromatic heterocycles. The summed E-state index contributed by atoms with van der Waals surface area (Å²) >= 11 is 0. The zero-order chi connectivity index (χ0) is 28.7. The number of piperidine rings is 1. The molecule has 2 aromatic carbocycles. The molecule has 3 aliphatic rings. The highest BCUT2D eigenvalue weighted by molar-refractivity contribution is 5.78. The van der Waals surface area contributed by atoms with Crippen LogP contribution < -0.4 is 9.64 Å². The van der Waals surface area contributed by atoms with Gasteiger partial charge in [0.1, 0.15) is 5.82 Å². The molecule has 0 saturated carbocycles. The van der Waals surface area contributed by atoms with Gasteiger partial charge in [-0.25, -0.2) is 9.37 Å². The minimum atomic E-state index is -0.909. The highest BCUT2D eigenvalue weighted by Crippen LogP contribution is 2.37. The van der Waals surface area contributed by atoms with E-state index >= 15 is 4.39 Å². The van der Waals surface area contributed by atoms with Crippen molar-refractivity contribution in [2.24, 2.45) is 0 Å². The second-order valence-electron chi connectivity index (χ2n) is 11.4. The number of nitrogens with zero attached hydrogens (tertiary/aromatic N) is 4. The molecule has 41 heavy (non-hydrogen) atoms. The number of hydrogen-bond donors (Lipinski definition) is 1. The fourth-order valence-electron chi connectivity index (χ4n) is 5.95. The third-order valence-corrected chi connectivity index (χ3v) is 8.29. The van der Waals surface area contributed by atoms with Crippen LogP contribution in [0, 0.1) is 12.7 Å². The van der Waals surface area contributed by atoms with Gasteiger partial charge in [-0.05, 0) is 64.2 Å². The molecule has 1 fully saturated rings.